The number of rotatable bonds is 9. The lowest BCUT2D eigenvalue weighted by molar-refractivity contribution is 0.138. The van der Waals surface area contributed by atoms with Gasteiger partial charge in [0.05, 0.1) is 11.5 Å². The molecule has 0 aromatic carbocycles. The second kappa shape index (κ2) is 7.78. The van der Waals surface area contributed by atoms with Gasteiger partial charge in [0, 0.05) is 44.7 Å². The van der Waals surface area contributed by atoms with Gasteiger partial charge < -0.3 is 15.0 Å². The first kappa shape index (κ1) is 17.2. The minimum atomic E-state index is -3.44. The summed E-state index contributed by atoms with van der Waals surface area (Å²) in [6.45, 7) is 7.93. The lowest BCUT2D eigenvalue weighted by atomic mass is 10.3. The number of aromatic amines is 1. The lowest BCUT2D eigenvalue weighted by Crippen LogP contribution is -2.30. The second-order valence-corrected chi connectivity index (χ2v) is 6.96. The Bertz CT molecular complexity index is 497. The Morgan fingerprint density at radius 1 is 1.45 bits per heavy atom. The molecule has 0 spiro atoms. The third kappa shape index (κ3) is 4.90. The summed E-state index contributed by atoms with van der Waals surface area (Å²) >= 11 is 0. The van der Waals surface area contributed by atoms with Crippen molar-refractivity contribution >= 4 is 10.0 Å². The minimum absolute atomic E-state index is 0.289. The van der Waals surface area contributed by atoms with Crippen LogP contribution in [0.4, 0.5) is 0 Å². The van der Waals surface area contributed by atoms with Gasteiger partial charge in [0.2, 0.25) is 10.0 Å². The average molecular weight is 303 g/mol. The Kier molecular flexibility index (Phi) is 6.67. The number of ether oxygens (including phenoxy) is 1. The van der Waals surface area contributed by atoms with Crippen molar-refractivity contribution in [1.29, 1.82) is 0 Å². The van der Waals surface area contributed by atoms with Crippen LogP contribution in [-0.2, 0) is 21.3 Å². The lowest BCUT2D eigenvalue weighted by Gasteiger charge is -2.15. The van der Waals surface area contributed by atoms with Gasteiger partial charge in [-0.3, -0.25) is 0 Å². The van der Waals surface area contributed by atoms with E-state index in [0.717, 1.165) is 5.69 Å². The van der Waals surface area contributed by atoms with Gasteiger partial charge in [-0.25, -0.2) is 8.42 Å². The van der Waals surface area contributed by atoms with E-state index in [1.165, 1.54) is 10.5 Å². The molecule has 0 atom stereocenters. The molecule has 116 valence electrons. The number of sulfonamides is 1. The fraction of sp³-hybridized carbons (Fsp3) is 0.692. The zero-order valence-corrected chi connectivity index (χ0v) is 13.5. The fourth-order valence-corrected chi connectivity index (χ4v) is 2.80. The van der Waals surface area contributed by atoms with Crippen LogP contribution >= 0.6 is 0 Å². The van der Waals surface area contributed by atoms with Crippen molar-refractivity contribution in [2.24, 2.45) is 0 Å². The molecule has 0 saturated heterocycles. The summed E-state index contributed by atoms with van der Waals surface area (Å²) in [5.74, 6) is 0. The molecule has 1 rings (SSSR count). The Hall–Kier alpha value is -0.890. The van der Waals surface area contributed by atoms with E-state index >= 15 is 0 Å². The van der Waals surface area contributed by atoms with Gasteiger partial charge in [-0.15, -0.1) is 0 Å². The molecule has 0 saturated carbocycles. The van der Waals surface area contributed by atoms with Crippen molar-refractivity contribution in [1.82, 2.24) is 14.6 Å². The largest absolute Gasteiger partial charge is 0.380 e. The maximum absolute atomic E-state index is 12.3. The van der Waals surface area contributed by atoms with Gasteiger partial charge in [0.1, 0.15) is 0 Å². The fourth-order valence-electron chi connectivity index (χ4n) is 1.62. The minimum Gasteiger partial charge on any atom is -0.380 e. The van der Waals surface area contributed by atoms with Crippen molar-refractivity contribution in [2.75, 3.05) is 26.8 Å². The molecule has 1 heterocycles. The summed E-state index contributed by atoms with van der Waals surface area (Å²) in [6.07, 6.45) is 1.53. The van der Waals surface area contributed by atoms with Gasteiger partial charge >= 0.3 is 0 Å². The number of hydrogen-bond donors (Lipinski definition) is 2. The first-order valence-corrected chi connectivity index (χ1v) is 8.26. The molecule has 0 aliphatic carbocycles. The molecule has 6 nitrogen and oxygen atoms in total. The van der Waals surface area contributed by atoms with Crippen LogP contribution in [0, 0.1) is 0 Å². The summed E-state index contributed by atoms with van der Waals surface area (Å²) in [6, 6.07) is 2.02. The maximum atomic E-state index is 12.3. The van der Waals surface area contributed by atoms with E-state index in [9.17, 15) is 8.42 Å². The Labute approximate surface area is 121 Å². The first-order valence-electron chi connectivity index (χ1n) is 6.82. The molecule has 0 bridgehead atoms. The van der Waals surface area contributed by atoms with E-state index in [4.69, 9.17) is 4.74 Å². The number of aromatic nitrogens is 1. The summed E-state index contributed by atoms with van der Waals surface area (Å²) in [4.78, 5) is 3.28. The molecule has 0 aliphatic rings. The van der Waals surface area contributed by atoms with E-state index in [0.29, 0.717) is 32.3 Å². The van der Waals surface area contributed by atoms with Crippen molar-refractivity contribution in [3.63, 3.8) is 0 Å². The normalized spacial score (nSPS) is 12.5. The van der Waals surface area contributed by atoms with Crippen LogP contribution in [0.15, 0.2) is 17.2 Å². The summed E-state index contributed by atoms with van der Waals surface area (Å²) in [5.41, 5.74) is 0.857. The number of nitrogens with one attached hydrogen (secondary N) is 2. The molecule has 0 aliphatic heterocycles. The van der Waals surface area contributed by atoms with Crippen LogP contribution in [0.3, 0.4) is 0 Å². The zero-order chi connectivity index (χ0) is 15.2. The van der Waals surface area contributed by atoms with E-state index in [1.54, 1.807) is 13.1 Å². The maximum Gasteiger partial charge on any atom is 0.244 e. The van der Waals surface area contributed by atoms with Crippen molar-refractivity contribution < 1.29 is 13.2 Å². The SMILES string of the molecule is CCOCCN(C)S(=O)(=O)c1c[nH]c(CNC(C)C)c1. The van der Waals surface area contributed by atoms with Gasteiger partial charge in [-0.05, 0) is 13.0 Å². The molecule has 0 unspecified atom stereocenters. The van der Waals surface area contributed by atoms with E-state index in [1.807, 2.05) is 20.8 Å². The first-order chi connectivity index (χ1) is 9.37. The monoisotopic (exact) mass is 303 g/mol. The van der Waals surface area contributed by atoms with Crippen LogP contribution in [0.2, 0.25) is 0 Å². The third-order valence-electron chi connectivity index (χ3n) is 2.88. The summed E-state index contributed by atoms with van der Waals surface area (Å²) < 4.78 is 31.1. The van der Waals surface area contributed by atoms with Crippen molar-refractivity contribution in [2.45, 2.75) is 38.3 Å². The van der Waals surface area contributed by atoms with Crippen molar-refractivity contribution in [3.05, 3.63) is 18.0 Å². The zero-order valence-electron chi connectivity index (χ0n) is 12.6. The number of H-pyrrole nitrogens is 1. The standard InChI is InChI=1S/C13H25N3O3S/c1-5-19-7-6-16(4)20(17,18)13-8-12(15-10-13)9-14-11(2)3/h8,10-11,14-15H,5-7,9H2,1-4H3. The molecular weight excluding hydrogens is 278 g/mol. The Balaban J connectivity index is 2.67. The molecule has 1 aromatic rings. The highest BCUT2D eigenvalue weighted by atomic mass is 32.2. The molecule has 0 amide bonds. The van der Waals surface area contributed by atoms with E-state index in [-0.39, 0.29) is 4.90 Å². The van der Waals surface area contributed by atoms with Gasteiger partial charge in [0.25, 0.3) is 0 Å². The average Bonchev–Trinajstić information content (AvgIpc) is 2.86. The number of likely N-dealkylation sites (N-methyl/N-ethyl adjacent to an activating group) is 1. The van der Waals surface area contributed by atoms with E-state index in [2.05, 4.69) is 10.3 Å². The molecule has 20 heavy (non-hydrogen) atoms. The van der Waals surface area contributed by atoms with Crippen LogP contribution in [0.25, 0.3) is 0 Å². The topological polar surface area (TPSA) is 74.4 Å². The summed E-state index contributed by atoms with van der Waals surface area (Å²) in [7, 11) is -1.88. The number of nitrogens with zero attached hydrogens (tertiary/aromatic N) is 1. The third-order valence-corrected chi connectivity index (χ3v) is 4.71. The highest BCUT2D eigenvalue weighted by molar-refractivity contribution is 7.89. The van der Waals surface area contributed by atoms with Gasteiger partial charge in [-0.2, -0.15) is 4.31 Å². The van der Waals surface area contributed by atoms with Crippen LogP contribution in [0.1, 0.15) is 26.5 Å². The van der Waals surface area contributed by atoms with Crippen molar-refractivity contribution in [3.8, 4) is 0 Å². The molecule has 0 fully saturated rings. The number of hydrogen-bond acceptors (Lipinski definition) is 4. The smallest absolute Gasteiger partial charge is 0.244 e. The highest BCUT2D eigenvalue weighted by Gasteiger charge is 2.21. The quantitative estimate of drug-likeness (QED) is 0.672. The molecule has 0 radical (unpaired) electrons. The predicted octanol–water partition coefficient (Wildman–Crippen LogP) is 1.17. The Morgan fingerprint density at radius 2 is 2.15 bits per heavy atom. The van der Waals surface area contributed by atoms with E-state index < -0.39 is 10.0 Å². The molecular formula is C13H25N3O3S. The molecule has 1 aromatic heterocycles. The van der Waals surface area contributed by atoms with Gasteiger partial charge in [-0.1, -0.05) is 13.8 Å². The predicted molar refractivity (Wildman–Crippen MR) is 79.1 cm³/mol. The van der Waals surface area contributed by atoms with Crippen LogP contribution in [-0.4, -0.2) is 50.6 Å². The van der Waals surface area contributed by atoms with Crippen LogP contribution in [0.5, 0.6) is 0 Å². The second-order valence-electron chi connectivity index (χ2n) is 4.92. The Morgan fingerprint density at radius 3 is 2.75 bits per heavy atom. The highest BCUT2D eigenvalue weighted by Crippen LogP contribution is 2.15. The molecule has 2 N–H and O–H groups in total. The van der Waals surface area contributed by atoms with Gasteiger partial charge in [0.15, 0.2) is 0 Å². The summed E-state index contributed by atoms with van der Waals surface area (Å²) in [5, 5.41) is 3.24. The van der Waals surface area contributed by atoms with Crippen LogP contribution < -0.4 is 5.32 Å². The molecule has 7 heteroatoms.